The summed E-state index contributed by atoms with van der Waals surface area (Å²) in [6, 6.07) is 48.1. The Bertz CT molecular complexity index is 2780. The molecule has 0 saturated heterocycles. The SMILES string of the molecule is c1ccc(-c2nc(-c3ccccc3)nc(-c3cc(-n4c5ccccc5c5cc6ccccc6cc54)cc4oc5cnccc5c34)n2)cc1. The summed E-state index contributed by atoms with van der Waals surface area (Å²) in [6.45, 7) is 0. The first-order valence-corrected chi connectivity index (χ1v) is 15.9. The third-order valence-corrected chi connectivity index (χ3v) is 9.10. The van der Waals surface area contributed by atoms with Gasteiger partial charge in [0.2, 0.25) is 0 Å². The Balaban J connectivity index is 1.32. The first-order chi connectivity index (χ1) is 23.8. The molecule has 0 unspecified atom stereocenters. The van der Waals surface area contributed by atoms with Crippen molar-refractivity contribution in [3.8, 4) is 39.9 Å². The molecule has 0 aliphatic rings. The molecule has 10 rings (SSSR count). The summed E-state index contributed by atoms with van der Waals surface area (Å²) >= 11 is 0. The summed E-state index contributed by atoms with van der Waals surface area (Å²) in [7, 11) is 0. The molecule has 0 spiro atoms. The molecule has 0 saturated carbocycles. The Kier molecular flexibility index (Phi) is 5.77. The van der Waals surface area contributed by atoms with E-state index in [1.165, 1.54) is 21.5 Å². The molecule has 0 N–H and O–H groups in total. The van der Waals surface area contributed by atoms with Crippen LogP contribution in [0.3, 0.4) is 0 Å². The second-order valence-electron chi connectivity index (χ2n) is 11.9. The van der Waals surface area contributed by atoms with Gasteiger partial charge in [0, 0.05) is 50.5 Å². The molecule has 0 radical (unpaired) electrons. The highest BCUT2D eigenvalue weighted by Crippen LogP contribution is 2.41. The van der Waals surface area contributed by atoms with Crippen LogP contribution in [0.2, 0.25) is 0 Å². The Morgan fingerprint density at radius 1 is 0.479 bits per heavy atom. The number of fused-ring (bicyclic) bond motifs is 7. The van der Waals surface area contributed by atoms with Crippen LogP contribution in [-0.4, -0.2) is 24.5 Å². The van der Waals surface area contributed by atoms with E-state index < -0.39 is 0 Å². The predicted octanol–water partition coefficient (Wildman–Crippen LogP) is 10.4. The highest BCUT2D eigenvalue weighted by atomic mass is 16.3. The molecule has 0 aliphatic heterocycles. The highest BCUT2D eigenvalue weighted by Gasteiger charge is 2.21. The lowest BCUT2D eigenvalue weighted by atomic mass is 10.0. The van der Waals surface area contributed by atoms with Gasteiger partial charge in [-0.3, -0.25) is 4.98 Å². The van der Waals surface area contributed by atoms with Crippen molar-refractivity contribution in [2.24, 2.45) is 0 Å². The molecule has 6 aromatic carbocycles. The monoisotopic (exact) mass is 615 g/mol. The molecule has 4 aromatic heterocycles. The molecule has 0 aliphatic carbocycles. The van der Waals surface area contributed by atoms with Gasteiger partial charge in [-0.05, 0) is 41.1 Å². The average molecular weight is 616 g/mol. The van der Waals surface area contributed by atoms with Crippen LogP contribution in [0.5, 0.6) is 0 Å². The number of para-hydroxylation sites is 1. The molecule has 0 fully saturated rings. The van der Waals surface area contributed by atoms with Crippen LogP contribution in [0.1, 0.15) is 0 Å². The Morgan fingerprint density at radius 3 is 1.88 bits per heavy atom. The molecular weight excluding hydrogens is 590 g/mol. The molecule has 0 atom stereocenters. The van der Waals surface area contributed by atoms with E-state index in [0.717, 1.165) is 49.8 Å². The van der Waals surface area contributed by atoms with Crippen molar-refractivity contribution in [1.29, 1.82) is 0 Å². The van der Waals surface area contributed by atoms with E-state index in [9.17, 15) is 0 Å². The second-order valence-corrected chi connectivity index (χ2v) is 11.9. The molecule has 4 heterocycles. The summed E-state index contributed by atoms with van der Waals surface area (Å²) < 4.78 is 8.85. The second kappa shape index (κ2) is 10.4. The van der Waals surface area contributed by atoms with Crippen LogP contribution in [0.15, 0.2) is 156 Å². The molecule has 6 heteroatoms. The highest BCUT2D eigenvalue weighted by molar-refractivity contribution is 6.15. The zero-order valence-electron chi connectivity index (χ0n) is 25.6. The topological polar surface area (TPSA) is 69.6 Å². The van der Waals surface area contributed by atoms with Gasteiger partial charge in [-0.15, -0.1) is 0 Å². The van der Waals surface area contributed by atoms with E-state index in [-0.39, 0.29) is 0 Å². The van der Waals surface area contributed by atoms with Crippen LogP contribution in [0, 0.1) is 0 Å². The van der Waals surface area contributed by atoms with Crippen LogP contribution in [-0.2, 0) is 0 Å². The fraction of sp³-hybridized carbons (Fsp3) is 0. The fourth-order valence-corrected chi connectivity index (χ4v) is 6.91. The maximum Gasteiger partial charge on any atom is 0.164 e. The summed E-state index contributed by atoms with van der Waals surface area (Å²) in [5.41, 5.74) is 7.31. The minimum Gasteiger partial charge on any atom is -0.454 e. The quantitative estimate of drug-likeness (QED) is 0.197. The van der Waals surface area contributed by atoms with Gasteiger partial charge in [-0.1, -0.05) is 103 Å². The summed E-state index contributed by atoms with van der Waals surface area (Å²) in [5, 5.41) is 6.66. The van der Waals surface area contributed by atoms with Gasteiger partial charge in [-0.25, -0.2) is 15.0 Å². The lowest BCUT2D eigenvalue weighted by Crippen LogP contribution is -2.01. The summed E-state index contributed by atoms with van der Waals surface area (Å²) in [4.78, 5) is 19.6. The van der Waals surface area contributed by atoms with Crippen molar-refractivity contribution in [3.05, 3.63) is 152 Å². The van der Waals surface area contributed by atoms with Crippen LogP contribution < -0.4 is 0 Å². The van der Waals surface area contributed by atoms with Crippen molar-refractivity contribution in [2.45, 2.75) is 0 Å². The number of nitrogens with zero attached hydrogens (tertiary/aromatic N) is 5. The standard InChI is InChI=1S/C42H25N5O/c1-3-11-26(12-4-1)40-44-41(27-13-5-2-6-14-27)46-42(45-40)34-23-30(24-37-39(34)32-19-20-43-25-38(32)48-37)47-35-18-10-9-17-31(35)33-21-28-15-7-8-16-29(28)22-36(33)47/h1-25H. The first kappa shape index (κ1) is 26.5. The lowest BCUT2D eigenvalue weighted by Gasteiger charge is -2.13. The number of furan rings is 1. The molecule has 48 heavy (non-hydrogen) atoms. The maximum atomic E-state index is 6.53. The number of aromatic nitrogens is 5. The van der Waals surface area contributed by atoms with Gasteiger partial charge in [0.25, 0.3) is 0 Å². The van der Waals surface area contributed by atoms with Crippen LogP contribution >= 0.6 is 0 Å². The minimum atomic E-state index is 0.570. The smallest absolute Gasteiger partial charge is 0.164 e. The number of rotatable bonds is 4. The molecule has 10 aromatic rings. The van der Waals surface area contributed by atoms with Crippen LogP contribution in [0.25, 0.3) is 94.4 Å². The van der Waals surface area contributed by atoms with Crippen molar-refractivity contribution in [2.75, 3.05) is 0 Å². The van der Waals surface area contributed by atoms with Crippen LogP contribution in [0.4, 0.5) is 0 Å². The largest absolute Gasteiger partial charge is 0.454 e. The number of hydrogen-bond acceptors (Lipinski definition) is 5. The lowest BCUT2D eigenvalue weighted by molar-refractivity contribution is 0.666. The van der Waals surface area contributed by atoms with Crippen molar-refractivity contribution >= 4 is 54.5 Å². The zero-order chi connectivity index (χ0) is 31.6. The van der Waals surface area contributed by atoms with Crippen molar-refractivity contribution < 1.29 is 4.42 Å². The zero-order valence-corrected chi connectivity index (χ0v) is 25.6. The van der Waals surface area contributed by atoms with E-state index in [4.69, 9.17) is 19.4 Å². The number of benzene rings is 6. The van der Waals surface area contributed by atoms with E-state index in [1.807, 2.05) is 66.7 Å². The predicted molar refractivity (Wildman–Crippen MR) is 193 cm³/mol. The minimum absolute atomic E-state index is 0.570. The number of pyridine rings is 1. The molecule has 0 bridgehead atoms. The molecular formula is C42H25N5O. The summed E-state index contributed by atoms with van der Waals surface area (Å²) in [5.74, 6) is 1.78. The van der Waals surface area contributed by atoms with Gasteiger partial charge in [-0.2, -0.15) is 0 Å². The molecule has 0 amide bonds. The summed E-state index contributed by atoms with van der Waals surface area (Å²) in [6.07, 6.45) is 3.56. The Morgan fingerprint density at radius 2 is 1.12 bits per heavy atom. The van der Waals surface area contributed by atoms with Gasteiger partial charge in [0.15, 0.2) is 23.1 Å². The van der Waals surface area contributed by atoms with Crippen molar-refractivity contribution in [3.63, 3.8) is 0 Å². The van der Waals surface area contributed by atoms with E-state index in [1.54, 1.807) is 12.4 Å². The van der Waals surface area contributed by atoms with E-state index in [2.05, 4.69) is 82.3 Å². The third kappa shape index (κ3) is 4.13. The van der Waals surface area contributed by atoms with E-state index in [0.29, 0.717) is 23.1 Å². The maximum absolute atomic E-state index is 6.53. The van der Waals surface area contributed by atoms with E-state index >= 15 is 0 Å². The normalized spacial score (nSPS) is 11.8. The Hall–Kier alpha value is -6.66. The third-order valence-electron chi connectivity index (χ3n) is 9.10. The van der Waals surface area contributed by atoms with Gasteiger partial charge in [0.05, 0.1) is 22.9 Å². The van der Waals surface area contributed by atoms with Gasteiger partial charge < -0.3 is 8.98 Å². The van der Waals surface area contributed by atoms with Gasteiger partial charge in [0.1, 0.15) is 5.58 Å². The molecule has 6 nitrogen and oxygen atoms in total. The Labute approximate surface area is 274 Å². The fourth-order valence-electron chi connectivity index (χ4n) is 6.91. The average Bonchev–Trinajstić information content (AvgIpc) is 3.69. The molecule has 224 valence electrons. The van der Waals surface area contributed by atoms with Crippen molar-refractivity contribution in [1.82, 2.24) is 24.5 Å². The van der Waals surface area contributed by atoms with Gasteiger partial charge >= 0.3 is 0 Å². The number of hydrogen-bond donors (Lipinski definition) is 0. The first-order valence-electron chi connectivity index (χ1n) is 15.9.